The second kappa shape index (κ2) is 6.40. The van der Waals surface area contributed by atoms with Gasteiger partial charge in [0, 0.05) is 19.2 Å². The van der Waals surface area contributed by atoms with Gasteiger partial charge >= 0.3 is 0 Å². The molecular weight excluding hydrogens is 212 g/mol. The predicted octanol–water partition coefficient (Wildman–Crippen LogP) is 1.92. The van der Waals surface area contributed by atoms with E-state index in [0.29, 0.717) is 12.5 Å². The highest BCUT2D eigenvalue weighted by atomic mass is 16.2. The average molecular weight is 234 g/mol. The smallest absolute Gasteiger partial charge is 0.253 e. The fraction of sp³-hybridized carbons (Fsp3) is 0.500. The molecule has 3 nitrogen and oxygen atoms in total. The van der Waals surface area contributed by atoms with E-state index in [9.17, 15) is 4.79 Å². The Morgan fingerprint density at radius 3 is 2.71 bits per heavy atom. The van der Waals surface area contributed by atoms with Crippen molar-refractivity contribution in [1.29, 1.82) is 0 Å². The summed E-state index contributed by atoms with van der Waals surface area (Å²) in [6, 6.07) is 7.72. The van der Waals surface area contributed by atoms with Gasteiger partial charge in [-0.25, -0.2) is 0 Å². The van der Waals surface area contributed by atoms with Gasteiger partial charge in [0.05, 0.1) is 0 Å². The predicted molar refractivity (Wildman–Crippen MR) is 71.0 cm³/mol. The van der Waals surface area contributed by atoms with Crippen LogP contribution in [0.4, 0.5) is 0 Å². The van der Waals surface area contributed by atoms with E-state index in [4.69, 9.17) is 5.73 Å². The number of carbonyl (C=O) groups excluding carboxylic acids is 1. The number of rotatable bonds is 5. The van der Waals surface area contributed by atoms with Gasteiger partial charge in [0.25, 0.3) is 5.91 Å². The zero-order chi connectivity index (χ0) is 12.8. The van der Waals surface area contributed by atoms with Gasteiger partial charge in [-0.2, -0.15) is 0 Å². The van der Waals surface area contributed by atoms with E-state index in [0.717, 1.165) is 24.1 Å². The van der Waals surface area contributed by atoms with Gasteiger partial charge in [-0.1, -0.05) is 26.0 Å². The zero-order valence-electron chi connectivity index (χ0n) is 10.9. The molecule has 0 bridgehead atoms. The van der Waals surface area contributed by atoms with Crippen LogP contribution in [0.25, 0.3) is 0 Å². The van der Waals surface area contributed by atoms with Crippen LogP contribution in [0.1, 0.15) is 29.8 Å². The van der Waals surface area contributed by atoms with Crippen molar-refractivity contribution in [1.82, 2.24) is 4.90 Å². The van der Waals surface area contributed by atoms with Gasteiger partial charge < -0.3 is 10.6 Å². The maximum Gasteiger partial charge on any atom is 0.253 e. The summed E-state index contributed by atoms with van der Waals surface area (Å²) in [5.74, 6) is 0.564. The fourth-order valence-corrected chi connectivity index (χ4v) is 1.88. The van der Waals surface area contributed by atoms with Gasteiger partial charge in [-0.15, -0.1) is 0 Å². The van der Waals surface area contributed by atoms with E-state index in [1.165, 1.54) is 0 Å². The number of nitrogens with zero attached hydrogens (tertiary/aromatic N) is 1. The number of carbonyl (C=O) groups is 1. The Balaban J connectivity index is 2.77. The molecule has 1 rings (SSSR count). The molecule has 0 radical (unpaired) electrons. The highest BCUT2D eigenvalue weighted by molar-refractivity contribution is 5.94. The quantitative estimate of drug-likeness (QED) is 0.846. The molecule has 0 unspecified atom stereocenters. The molecule has 0 aromatic heterocycles. The van der Waals surface area contributed by atoms with E-state index < -0.39 is 0 Å². The first kappa shape index (κ1) is 13.7. The van der Waals surface area contributed by atoms with E-state index in [-0.39, 0.29) is 5.91 Å². The molecular formula is C14H22N2O. The normalized spacial score (nSPS) is 10.6. The number of hydrogen-bond acceptors (Lipinski definition) is 2. The van der Waals surface area contributed by atoms with E-state index >= 15 is 0 Å². The van der Waals surface area contributed by atoms with Gasteiger partial charge in [-0.05, 0) is 36.6 Å². The zero-order valence-corrected chi connectivity index (χ0v) is 10.9. The summed E-state index contributed by atoms with van der Waals surface area (Å²) in [7, 11) is 1.85. The van der Waals surface area contributed by atoms with Crippen LogP contribution in [0.2, 0.25) is 0 Å². The number of hydrogen-bond donors (Lipinski definition) is 1. The minimum absolute atomic E-state index is 0.0811. The summed E-state index contributed by atoms with van der Waals surface area (Å²) in [6.07, 6.45) is 0.814. The Kier molecular flexibility index (Phi) is 5.16. The molecule has 0 saturated carbocycles. The highest BCUT2D eigenvalue weighted by Crippen LogP contribution is 2.09. The van der Waals surface area contributed by atoms with Crippen LogP contribution >= 0.6 is 0 Å². The van der Waals surface area contributed by atoms with Crippen molar-refractivity contribution in [2.45, 2.75) is 20.3 Å². The van der Waals surface area contributed by atoms with Crippen molar-refractivity contribution >= 4 is 5.91 Å². The van der Waals surface area contributed by atoms with Crippen LogP contribution in [0.5, 0.6) is 0 Å². The van der Waals surface area contributed by atoms with Crippen molar-refractivity contribution in [3.63, 3.8) is 0 Å². The molecule has 0 aliphatic rings. The van der Waals surface area contributed by atoms with Gasteiger partial charge in [0.15, 0.2) is 0 Å². The molecule has 1 amide bonds. The SMILES string of the molecule is CC(C)CN(C)C(=O)c1cccc(CCN)c1. The van der Waals surface area contributed by atoms with Crippen molar-refractivity contribution < 1.29 is 4.79 Å². The third kappa shape index (κ3) is 4.19. The van der Waals surface area contributed by atoms with Crippen molar-refractivity contribution in [2.75, 3.05) is 20.1 Å². The minimum Gasteiger partial charge on any atom is -0.341 e. The third-order valence-corrected chi connectivity index (χ3v) is 2.59. The average Bonchev–Trinajstić information content (AvgIpc) is 2.28. The van der Waals surface area contributed by atoms with Crippen molar-refractivity contribution in [3.05, 3.63) is 35.4 Å². The van der Waals surface area contributed by atoms with Gasteiger partial charge in [0.1, 0.15) is 0 Å². The van der Waals surface area contributed by atoms with E-state index in [1.54, 1.807) is 4.90 Å². The molecule has 0 aliphatic carbocycles. The second-order valence-electron chi connectivity index (χ2n) is 4.82. The molecule has 17 heavy (non-hydrogen) atoms. The summed E-state index contributed by atoms with van der Waals surface area (Å²) in [6.45, 7) is 5.60. The molecule has 0 atom stereocenters. The summed E-state index contributed by atoms with van der Waals surface area (Å²) in [4.78, 5) is 13.9. The van der Waals surface area contributed by atoms with Crippen LogP contribution in [-0.2, 0) is 6.42 Å². The summed E-state index contributed by atoms with van der Waals surface area (Å²) in [5.41, 5.74) is 7.39. The Hall–Kier alpha value is -1.35. The molecule has 0 saturated heterocycles. The van der Waals surface area contributed by atoms with Crippen LogP contribution in [0, 0.1) is 5.92 Å². The van der Waals surface area contributed by atoms with E-state index in [1.807, 2.05) is 31.3 Å². The first-order valence-electron chi connectivity index (χ1n) is 6.09. The molecule has 0 aliphatic heterocycles. The lowest BCUT2D eigenvalue weighted by atomic mass is 10.1. The first-order valence-corrected chi connectivity index (χ1v) is 6.09. The van der Waals surface area contributed by atoms with Gasteiger partial charge in [0.2, 0.25) is 0 Å². The summed E-state index contributed by atoms with van der Waals surface area (Å²) in [5, 5.41) is 0. The second-order valence-corrected chi connectivity index (χ2v) is 4.82. The lowest BCUT2D eigenvalue weighted by molar-refractivity contribution is 0.0779. The van der Waals surface area contributed by atoms with Crippen molar-refractivity contribution in [2.24, 2.45) is 11.7 Å². The largest absolute Gasteiger partial charge is 0.341 e. The Morgan fingerprint density at radius 2 is 2.12 bits per heavy atom. The molecule has 2 N–H and O–H groups in total. The molecule has 0 fully saturated rings. The number of nitrogens with two attached hydrogens (primary N) is 1. The third-order valence-electron chi connectivity index (χ3n) is 2.59. The molecule has 94 valence electrons. The Morgan fingerprint density at radius 1 is 1.41 bits per heavy atom. The maximum absolute atomic E-state index is 12.1. The molecule has 1 aromatic rings. The standard InChI is InChI=1S/C14H22N2O/c1-11(2)10-16(3)14(17)13-6-4-5-12(9-13)7-8-15/h4-6,9,11H,7-8,10,15H2,1-3H3. The molecule has 0 heterocycles. The van der Waals surface area contributed by atoms with Gasteiger partial charge in [-0.3, -0.25) is 4.79 Å². The van der Waals surface area contributed by atoms with Crippen LogP contribution in [0.15, 0.2) is 24.3 Å². The lowest BCUT2D eigenvalue weighted by Gasteiger charge is -2.19. The Bertz CT molecular complexity index is 374. The van der Waals surface area contributed by atoms with Crippen LogP contribution < -0.4 is 5.73 Å². The number of amides is 1. The maximum atomic E-state index is 12.1. The monoisotopic (exact) mass is 234 g/mol. The lowest BCUT2D eigenvalue weighted by Crippen LogP contribution is -2.30. The first-order chi connectivity index (χ1) is 8.04. The minimum atomic E-state index is 0.0811. The van der Waals surface area contributed by atoms with E-state index in [2.05, 4.69) is 13.8 Å². The summed E-state index contributed by atoms with van der Waals surface area (Å²) < 4.78 is 0. The van der Waals surface area contributed by atoms with Crippen LogP contribution in [0.3, 0.4) is 0 Å². The molecule has 1 aromatic carbocycles. The summed E-state index contributed by atoms with van der Waals surface area (Å²) >= 11 is 0. The van der Waals surface area contributed by atoms with Crippen LogP contribution in [-0.4, -0.2) is 30.9 Å². The highest BCUT2D eigenvalue weighted by Gasteiger charge is 2.12. The topological polar surface area (TPSA) is 46.3 Å². The van der Waals surface area contributed by atoms with Crippen molar-refractivity contribution in [3.8, 4) is 0 Å². The fourth-order valence-electron chi connectivity index (χ4n) is 1.88. The number of benzene rings is 1. The molecule has 0 spiro atoms. The Labute approximate surface area is 104 Å². The molecule has 3 heteroatoms.